The van der Waals surface area contributed by atoms with Gasteiger partial charge in [-0.2, -0.15) is 0 Å². The number of H-pyrrole nitrogens is 1. The Balaban J connectivity index is 1.52. The van der Waals surface area contributed by atoms with E-state index in [1.165, 1.54) is 11.1 Å². The van der Waals surface area contributed by atoms with Crippen LogP contribution in [0.1, 0.15) is 33.2 Å². The number of hydrogen-bond donors (Lipinski definition) is 1. The van der Waals surface area contributed by atoms with E-state index < -0.39 is 0 Å². The Morgan fingerprint density at radius 3 is 1.90 bits per heavy atom. The minimum Gasteiger partial charge on any atom is -0.336 e. The molecular formula is C24H25N3O2. The number of carbonyl (C=O) groups is 1. The minimum atomic E-state index is -0.316. The lowest BCUT2D eigenvalue weighted by Gasteiger charge is -2.39. The fourth-order valence-corrected chi connectivity index (χ4v) is 3.98. The first kappa shape index (κ1) is 19.2. The zero-order valence-corrected chi connectivity index (χ0v) is 16.5. The number of aryl methyl sites for hydroxylation is 1. The fourth-order valence-electron chi connectivity index (χ4n) is 3.98. The second kappa shape index (κ2) is 8.45. The molecule has 1 fully saturated rings. The first-order chi connectivity index (χ1) is 14.1. The van der Waals surface area contributed by atoms with Crippen LogP contribution in [0, 0.1) is 6.92 Å². The number of pyridine rings is 1. The lowest BCUT2D eigenvalue weighted by molar-refractivity contribution is 0.0595. The Morgan fingerprint density at radius 1 is 0.828 bits per heavy atom. The van der Waals surface area contributed by atoms with E-state index >= 15 is 0 Å². The normalized spacial score (nSPS) is 14.9. The van der Waals surface area contributed by atoms with Crippen molar-refractivity contribution in [3.8, 4) is 0 Å². The van der Waals surface area contributed by atoms with Crippen LogP contribution in [0.15, 0.2) is 77.6 Å². The van der Waals surface area contributed by atoms with Gasteiger partial charge < -0.3 is 9.88 Å². The van der Waals surface area contributed by atoms with E-state index in [9.17, 15) is 9.59 Å². The van der Waals surface area contributed by atoms with E-state index in [1.54, 1.807) is 17.0 Å². The van der Waals surface area contributed by atoms with Gasteiger partial charge in [-0.15, -0.1) is 0 Å². The van der Waals surface area contributed by atoms with Crippen molar-refractivity contribution >= 4 is 5.91 Å². The summed E-state index contributed by atoms with van der Waals surface area (Å²) in [6, 6.07) is 24.5. The highest BCUT2D eigenvalue weighted by atomic mass is 16.2. The third kappa shape index (κ3) is 4.15. The van der Waals surface area contributed by atoms with Gasteiger partial charge in [-0.3, -0.25) is 14.5 Å². The van der Waals surface area contributed by atoms with Gasteiger partial charge in [0.2, 0.25) is 0 Å². The van der Waals surface area contributed by atoms with Crippen LogP contribution in [-0.2, 0) is 0 Å². The zero-order valence-electron chi connectivity index (χ0n) is 16.5. The molecule has 5 nitrogen and oxygen atoms in total. The van der Waals surface area contributed by atoms with E-state index in [4.69, 9.17) is 0 Å². The maximum absolute atomic E-state index is 12.8. The molecule has 0 unspecified atom stereocenters. The van der Waals surface area contributed by atoms with Crippen molar-refractivity contribution in [2.45, 2.75) is 13.0 Å². The number of hydrogen-bond acceptors (Lipinski definition) is 3. The predicted molar refractivity (Wildman–Crippen MR) is 114 cm³/mol. The number of amides is 1. The minimum absolute atomic E-state index is 0.150. The second-order valence-corrected chi connectivity index (χ2v) is 7.44. The van der Waals surface area contributed by atoms with Crippen LogP contribution in [0.3, 0.4) is 0 Å². The van der Waals surface area contributed by atoms with Crippen LogP contribution in [0.2, 0.25) is 0 Å². The standard InChI is InChI=1S/C24H25N3O2/c1-18-12-13-21(23(28)25-18)24(29)27-16-14-26(15-17-27)22(19-8-4-2-5-9-19)20-10-6-3-7-11-20/h2-13,22H,14-17H2,1H3,(H,25,28). The molecule has 0 radical (unpaired) electrons. The third-order valence-corrected chi connectivity index (χ3v) is 5.48. The first-order valence-electron chi connectivity index (χ1n) is 9.96. The molecule has 1 N–H and O–H groups in total. The molecule has 2 aromatic carbocycles. The van der Waals surface area contributed by atoms with Crippen molar-refractivity contribution in [3.05, 3.63) is 106 Å². The lowest BCUT2D eigenvalue weighted by Crippen LogP contribution is -2.50. The van der Waals surface area contributed by atoms with Gasteiger partial charge in [0.05, 0.1) is 6.04 Å². The van der Waals surface area contributed by atoms with Gasteiger partial charge in [0.1, 0.15) is 5.56 Å². The summed E-state index contributed by atoms with van der Waals surface area (Å²) in [5.74, 6) is -0.193. The van der Waals surface area contributed by atoms with Crippen molar-refractivity contribution in [1.29, 1.82) is 0 Å². The van der Waals surface area contributed by atoms with Crippen LogP contribution in [-0.4, -0.2) is 46.9 Å². The van der Waals surface area contributed by atoms with Crippen LogP contribution >= 0.6 is 0 Å². The summed E-state index contributed by atoms with van der Waals surface area (Å²) in [6.07, 6.45) is 0. The van der Waals surface area contributed by atoms with Crippen LogP contribution < -0.4 is 5.56 Å². The van der Waals surface area contributed by atoms with E-state index in [2.05, 4.69) is 58.4 Å². The summed E-state index contributed by atoms with van der Waals surface area (Å²) < 4.78 is 0. The smallest absolute Gasteiger partial charge is 0.260 e. The maximum Gasteiger partial charge on any atom is 0.260 e. The summed E-state index contributed by atoms with van der Waals surface area (Å²) in [5.41, 5.74) is 3.14. The number of nitrogens with one attached hydrogen (secondary N) is 1. The van der Waals surface area contributed by atoms with Crippen molar-refractivity contribution < 1.29 is 4.79 Å². The zero-order chi connectivity index (χ0) is 20.2. The fraction of sp³-hybridized carbons (Fsp3) is 0.250. The largest absolute Gasteiger partial charge is 0.336 e. The first-order valence-corrected chi connectivity index (χ1v) is 9.96. The van der Waals surface area contributed by atoms with Gasteiger partial charge in [0.15, 0.2) is 0 Å². The molecule has 0 aliphatic carbocycles. The van der Waals surface area contributed by atoms with E-state index in [0.717, 1.165) is 18.8 Å². The van der Waals surface area contributed by atoms with Crippen LogP contribution in [0.25, 0.3) is 0 Å². The Hall–Kier alpha value is -3.18. The Labute approximate surface area is 170 Å². The van der Waals surface area contributed by atoms with Crippen molar-refractivity contribution in [3.63, 3.8) is 0 Å². The van der Waals surface area contributed by atoms with Gasteiger partial charge in [-0.1, -0.05) is 60.7 Å². The van der Waals surface area contributed by atoms with Crippen molar-refractivity contribution in [2.75, 3.05) is 26.2 Å². The molecule has 5 heteroatoms. The molecule has 1 aliphatic heterocycles. The Morgan fingerprint density at radius 2 is 1.38 bits per heavy atom. The number of carbonyl (C=O) groups excluding carboxylic acids is 1. The number of piperazine rings is 1. The highest BCUT2D eigenvalue weighted by Crippen LogP contribution is 2.29. The summed E-state index contributed by atoms with van der Waals surface area (Å²) in [6.45, 7) is 4.51. The molecular weight excluding hydrogens is 362 g/mol. The molecule has 4 rings (SSSR count). The molecule has 2 heterocycles. The molecule has 0 saturated carbocycles. The quantitative estimate of drug-likeness (QED) is 0.748. The van der Waals surface area contributed by atoms with Gasteiger partial charge in [0, 0.05) is 31.9 Å². The van der Waals surface area contributed by atoms with Crippen molar-refractivity contribution in [2.24, 2.45) is 0 Å². The SMILES string of the molecule is Cc1ccc(C(=O)N2CCN(C(c3ccccc3)c3ccccc3)CC2)c(=O)[nH]1. The summed E-state index contributed by atoms with van der Waals surface area (Å²) in [5, 5.41) is 0. The predicted octanol–water partition coefficient (Wildman–Crippen LogP) is 3.23. The molecule has 1 aliphatic rings. The molecule has 29 heavy (non-hydrogen) atoms. The Bertz CT molecular complexity index is 983. The second-order valence-electron chi connectivity index (χ2n) is 7.44. The van der Waals surface area contributed by atoms with Crippen LogP contribution in [0.4, 0.5) is 0 Å². The molecule has 0 spiro atoms. The summed E-state index contributed by atoms with van der Waals surface area (Å²) >= 11 is 0. The summed E-state index contributed by atoms with van der Waals surface area (Å²) in [7, 11) is 0. The number of rotatable bonds is 4. The summed E-state index contributed by atoms with van der Waals surface area (Å²) in [4.78, 5) is 31.9. The number of benzene rings is 2. The van der Waals surface area contributed by atoms with Crippen LogP contribution in [0.5, 0.6) is 0 Å². The van der Waals surface area contributed by atoms with E-state index in [1.807, 2.05) is 19.1 Å². The topological polar surface area (TPSA) is 56.4 Å². The molecule has 148 valence electrons. The molecule has 3 aromatic rings. The number of aromatic amines is 1. The number of nitrogens with zero attached hydrogens (tertiary/aromatic N) is 2. The highest BCUT2D eigenvalue weighted by molar-refractivity contribution is 5.93. The molecule has 1 saturated heterocycles. The lowest BCUT2D eigenvalue weighted by atomic mass is 9.96. The van der Waals surface area contributed by atoms with Gasteiger partial charge >= 0.3 is 0 Å². The monoisotopic (exact) mass is 387 g/mol. The van der Waals surface area contributed by atoms with Gasteiger partial charge in [0.25, 0.3) is 11.5 Å². The third-order valence-electron chi connectivity index (χ3n) is 5.48. The highest BCUT2D eigenvalue weighted by Gasteiger charge is 2.29. The average molecular weight is 387 g/mol. The van der Waals surface area contributed by atoms with Gasteiger partial charge in [-0.05, 0) is 30.2 Å². The van der Waals surface area contributed by atoms with E-state index in [0.29, 0.717) is 13.1 Å². The van der Waals surface area contributed by atoms with E-state index in [-0.39, 0.29) is 23.1 Å². The maximum atomic E-state index is 12.8. The van der Waals surface area contributed by atoms with Gasteiger partial charge in [-0.25, -0.2) is 0 Å². The average Bonchev–Trinajstić information content (AvgIpc) is 2.76. The van der Waals surface area contributed by atoms with Crippen molar-refractivity contribution in [1.82, 2.24) is 14.8 Å². The number of aromatic nitrogens is 1. The molecule has 1 aromatic heterocycles. The molecule has 0 atom stereocenters. The molecule has 0 bridgehead atoms. The Kier molecular flexibility index (Phi) is 5.58. The molecule has 1 amide bonds.